The summed E-state index contributed by atoms with van der Waals surface area (Å²) in [6.45, 7) is 4.23. The zero-order valence-electron chi connectivity index (χ0n) is 29.3. The number of nitrogens with one attached hydrogen (secondary N) is 6. The minimum Gasteiger partial charge on any atom is -0.481 e. The van der Waals surface area contributed by atoms with Crippen molar-refractivity contribution >= 4 is 59.5 Å². The van der Waals surface area contributed by atoms with Crippen molar-refractivity contribution in [1.82, 2.24) is 32.1 Å². The van der Waals surface area contributed by atoms with Gasteiger partial charge in [0, 0.05) is 6.42 Å². The topological polar surface area (TPSA) is 335 Å². The number of hydrogen-bond acceptors (Lipinski definition) is 13. The van der Waals surface area contributed by atoms with Crippen molar-refractivity contribution in [2.45, 2.75) is 89.4 Å². The predicted molar refractivity (Wildman–Crippen MR) is 177 cm³/mol. The molecular formula is C32H42N6O16. The van der Waals surface area contributed by atoms with Crippen LogP contribution in [0.1, 0.15) is 52.0 Å². The Bertz CT molecular complexity index is 1570. The molecule has 1 aliphatic rings. The van der Waals surface area contributed by atoms with E-state index < -0.39 is 127 Å². The summed E-state index contributed by atoms with van der Waals surface area (Å²) < 4.78 is 14.7. The highest BCUT2D eigenvalue weighted by Gasteiger charge is 2.51. The summed E-state index contributed by atoms with van der Waals surface area (Å²) in [7, 11) is 0. The number of carboxylic acid groups (broad SMARTS) is 3. The quantitative estimate of drug-likeness (QED) is 0.0360. The lowest BCUT2D eigenvalue weighted by Crippen LogP contribution is -2.60. The third-order valence-corrected chi connectivity index (χ3v) is 7.32. The first-order valence-electron chi connectivity index (χ1n) is 16.4. The van der Waals surface area contributed by atoms with E-state index in [1.54, 1.807) is 30.3 Å². The average Bonchev–Trinajstić information content (AvgIpc) is 3.91. The van der Waals surface area contributed by atoms with E-state index in [1.807, 2.05) is 10.9 Å². The van der Waals surface area contributed by atoms with Gasteiger partial charge in [-0.3, -0.25) is 49.2 Å². The maximum Gasteiger partial charge on any atom is 0.408 e. The summed E-state index contributed by atoms with van der Waals surface area (Å²) >= 11 is 0. The van der Waals surface area contributed by atoms with Gasteiger partial charge < -0.3 is 50.8 Å². The molecule has 1 heterocycles. The van der Waals surface area contributed by atoms with Crippen LogP contribution in [0.4, 0.5) is 4.79 Å². The van der Waals surface area contributed by atoms with Crippen molar-refractivity contribution in [1.29, 1.82) is 0 Å². The molecule has 6 amide bonds. The largest absolute Gasteiger partial charge is 0.481 e. The first kappa shape index (κ1) is 43.8. The number of hydrogen-bond donors (Lipinski definition) is 9. The normalized spacial score (nSPS) is 16.5. The molecule has 0 bridgehead atoms. The van der Waals surface area contributed by atoms with E-state index in [0.717, 1.165) is 0 Å². The van der Waals surface area contributed by atoms with E-state index in [9.17, 15) is 63.3 Å². The van der Waals surface area contributed by atoms with Crippen LogP contribution >= 0.6 is 0 Å². The van der Waals surface area contributed by atoms with Crippen molar-refractivity contribution in [3.05, 3.63) is 35.9 Å². The summed E-state index contributed by atoms with van der Waals surface area (Å²) in [5, 5.41) is 36.6. The van der Waals surface area contributed by atoms with Gasteiger partial charge in [0.25, 0.3) is 11.8 Å². The average molecular weight is 767 g/mol. The molecule has 1 aromatic carbocycles. The molecule has 1 fully saturated rings. The van der Waals surface area contributed by atoms with Crippen molar-refractivity contribution in [2.75, 3.05) is 6.61 Å². The number of esters is 1. The maximum absolute atomic E-state index is 13.4. The Kier molecular flexibility index (Phi) is 17.3. The van der Waals surface area contributed by atoms with Crippen LogP contribution in [0, 0.1) is 5.92 Å². The molecule has 296 valence electrons. The Morgan fingerprint density at radius 2 is 1.26 bits per heavy atom. The molecule has 22 nitrogen and oxygen atoms in total. The molecule has 2 rings (SSSR count). The molecule has 22 heteroatoms. The fraction of sp³-hybridized carbons (Fsp3) is 0.500. The number of benzene rings is 1. The monoisotopic (exact) mass is 766 g/mol. The van der Waals surface area contributed by atoms with Gasteiger partial charge in [0.1, 0.15) is 30.8 Å². The second-order valence-corrected chi connectivity index (χ2v) is 11.9. The summed E-state index contributed by atoms with van der Waals surface area (Å²) in [6, 6.07) is 1.48. The van der Waals surface area contributed by atoms with Crippen LogP contribution in [0.5, 0.6) is 0 Å². The van der Waals surface area contributed by atoms with Gasteiger partial charge in [0.2, 0.25) is 17.7 Å². The molecule has 1 saturated heterocycles. The van der Waals surface area contributed by atoms with Gasteiger partial charge in [0.05, 0.1) is 19.4 Å². The van der Waals surface area contributed by atoms with Crippen molar-refractivity contribution in [3.63, 3.8) is 0 Å². The van der Waals surface area contributed by atoms with Gasteiger partial charge in [-0.15, -0.1) is 0 Å². The lowest BCUT2D eigenvalue weighted by Gasteiger charge is -2.27. The Morgan fingerprint density at radius 3 is 1.81 bits per heavy atom. The van der Waals surface area contributed by atoms with Gasteiger partial charge in [-0.05, 0) is 24.8 Å². The lowest BCUT2D eigenvalue weighted by molar-refractivity contribution is -0.145. The molecule has 0 aromatic heterocycles. The van der Waals surface area contributed by atoms with Crippen LogP contribution in [0.2, 0.25) is 0 Å². The number of rotatable bonds is 21. The van der Waals surface area contributed by atoms with Gasteiger partial charge in [0.15, 0.2) is 12.2 Å². The third-order valence-electron chi connectivity index (χ3n) is 7.32. The number of carbonyl (C=O) groups is 10. The van der Waals surface area contributed by atoms with Crippen LogP contribution in [0.15, 0.2) is 30.3 Å². The van der Waals surface area contributed by atoms with Gasteiger partial charge in [-0.1, -0.05) is 44.2 Å². The molecule has 1 aromatic rings. The Labute approximate surface area is 307 Å². The standard InChI is InChI=1S/C32H42N6O16/c1-4-52-31(50)25-24(54-25)30(49)38-37-28(47)19(13-22(43)44)34-29(48)23(15(2)3)36-26(45)17(10-11-20(39)40)33-27(46)18(12-21(41)42)35-32(51)53-14-16-8-6-5-7-9-16/h5-9,15,17-19,23-25H,4,10-14H2,1-3H3,(H,33,46)(H,34,48)(H,35,51)(H,36,45)(H,37,47)(H,38,49)(H,39,40)(H,41,42)(H,43,44)/t17-,18-,19-,23-,24?,25?/m0/s1. The molecule has 0 saturated carbocycles. The highest BCUT2D eigenvalue weighted by atomic mass is 16.6. The second kappa shape index (κ2) is 21.3. The number of amides is 6. The molecule has 6 atom stereocenters. The highest BCUT2D eigenvalue weighted by Crippen LogP contribution is 2.23. The number of carboxylic acids is 3. The molecule has 9 N–H and O–H groups in total. The first-order chi connectivity index (χ1) is 25.4. The molecule has 0 spiro atoms. The van der Waals surface area contributed by atoms with Gasteiger partial charge in [-0.25, -0.2) is 9.59 Å². The van der Waals surface area contributed by atoms with E-state index in [0.29, 0.717) is 5.56 Å². The minimum absolute atomic E-state index is 0.0223. The van der Waals surface area contributed by atoms with Crippen LogP contribution in [-0.4, -0.2) is 118 Å². The molecule has 2 unspecified atom stereocenters. The Morgan fingerprint density at radius 1 is 0.685 bits per heavy atom. The third kappa shape index (κ3) is 15.1. The number of epoxide rings is 1. The zero-order chi connectivity index (χ0) is 40.5. The zero-order valence-corrected chi connectivity index (χ0v) is 29.3. The summed E-state index contributed by atoms with van der Waals surface area (Å²) in [5.41, 5.74) is 4.44. The van der Waals surface area contributed by atoms with Crippen molar-refractivity contribution < 1.29 is 77.5 Å². The SMILES string of the molecule is CCOC(=O)C1OC1C(=O)NNC(=O)[C@H](CC(=O)O)NC(=O)[C@@H](NC(=O)[C@H](CCC(=O)O)NC(=O)[C@H](CC(=O)O)NC(=O)OCc1ccccc1)C(C)C. The maximum atomic E-state index is 13.4. The van der Waals surface area contributed by atoms with Crippen LogP contribution in [0.3, 0.4) is 0 Å². The fourth-order valence-electron chi connectivity index (χ4n) is 4.53. The molecule has 0 aliphatic carbocycles. The molecule has 0 radical (unpaired) electrons. The van der Waals surface area contributed by atoms with E-state index in [-0.39, 0.29) is 13.2 Å². The number of ether oxygens (including phenoxy) is 3. The summed E-state index contributed by atoms with van der Waals surface area (Å²) in [5.74, 6) is -11.7. The Balaban J connectivity index is 2.13. The van der Waals surface area contributed by atoms with E-state index in [2.05, 4.69) is 21.3 Å². The highest BCUT2D eigenvalue weighted by molar-refractivity contribution is 5.98. The van der Waals surface area contributed by atoms with Crippen molar-refractivity contribution in [2.24, 2.45) is 5.92 Å². The summed E-state index contributed by atoms with van der Waals surface area (Å²) in [4.78, 5) is 123. The minimum atomic E-state index is -1.83. The number of aliphatic carboxylic acids is 3. The molecule has 54 heavy (non-hydrogen) atoms. The number of carbonyl (C=O) groups excluding carboxylic acids is 7. The predicted octanol–water partition coefficient (Wildman–Crippen LogP) is -2.32. The number of alkyl carbamates (subject to hydrolysis) is 1. The Hall–Kier alpha value is -6.32. The van der Waals surface area contributed by atoms with E-state index in [4.69, 9.17) is 14.2 Å². The van der Waals surface area contributed by atoms with Gasteiger partial charge >= 0.3 is 30.0 Å². The van der Waals surface area contributed by atoms with E-state index in [1.165, 1.54) is 20.8 Å². The molecular weight excluding hydrogens is 724 g/mol. The fourth-order valence-corrected chi connectivity index (χ4v) is 4.53. The van der Waals surface area contributed by atoms with Crippen molar-refractivity contribution in [3.8, 4) is 0 Å². The first-order valence-corrected chi connectivity index (χ1v) is 16.4. The van der Waals surface area contributed by atoms with Crippen LogP contribution < -0.4 is 32.1 Å². The number of hydrazine groups is 1. The molecule has 1 aliphatic heterocycles. The van der Waals surface area contributed by atoms with Crippen LogP contribution in [0.25, 0.3) is 0 Å². The second-order valence-electron chi connectivity index (χ2n) is 11.9. The van der Waals surface area contributed by atoms with Gasteiger partial charge in [-0.2, -0.15) is 0 Å². The van der Waals surface area contributed by atoms with E-state index >= 15 is 0 Å². The lowest BCUT2D eigenvalue weighted by atomic mass is 10.0. The van der Waals surface area contributed by atoms with Crippen LogP contribution in [-0.2, 0) is 64.0 Å². The smallest absolute Gasteiger partial charge is 0.408 e. The summed E-state index contributed by atoms with van der Waals surface area (Å²) in [6.07, 6.45) is -6.91.